The molecule has 1 aliphatic heterocycles. The smallest absolute Gasteiger partial charge is 0.257 e. The van der Waals surface area contributed by atoms with Gasteiger partial charge in [-0.25, -0.2) is 0 Å². The number of ether oxygens (including phenoxy) is 3. The number of rotatable bonds is 5. The van der Waals surface area contributed by atoms with Gasteiger partial charge < -0.3 is 29.3 Å². The number of hydrogen-bond donors (Lipinski definition) is 1. The van der Waals surface area contributed by atoms with Gasteiger partial charge in [0, 0.05) is 51.5 Å². The largest absolute Gasteiger partial charge is 0.491 e. The molecule has 2 aromatic carbocycles. The van der Waals surface area contributed by atoms with E-state index in [4.69, 9.17) is 14.2 Å². The fraction of sp³-hybridized carbons (Fsp3) is 0.444. The second-order valence-corrected chi connectivity index (χ2v) is 9.11. The molecule has 9 heteroatoms. The molecule has 0 spiro atoms. The summed E-state index contributed by atoms with van der Waals surface area (Å²) in [6.45, 7) is 4.77. The van der Waals surface area contributed by atoms with Gasteiger partial charge in [0.05, 0.1) is 17.7 Å². The molecule has 3 atom stereocenters. The van der Waals surface area contributed by atoms with Crippen molar-refractivity contribution >= 4 is 23.4 Å². The summed E-state index contributed by atoms with van der Waals surface area (Å²) in [5, 5.41) is 2.72. The zero-order valence-electron chi connectivity index (χ0n) is 21.5. The molecule has 194 valence electrons. The lowest BCUT2D eigenvalue weighted by molar-refractivity contribution is -0.119. The third-order valence-electron chi connectivity index (χ3n) is 6.29. The molecule has 0 fully saturated rings. The molecular formula is C27H35N3O6. The molecule has 0 saturated carbocycles. The van der Waals surface area contributed by atoms with Crippen LogP contribution in [0.2, 0.25) is 0 Å². The Morgan fingerprint density at radius 1 is 1.08 bits per heavy atom. The van der Waals surface area contributed by atoms with Crippen molar-refractivity contribution in [2.24, 2.45) is 5.92 Å². The van der Waals surface area contributed by atoms with E-state index in [1.807, 2.05) is 32.0 Å². The summed E-state index contributed by atoms with van der Waals surface area (Å²) in [7, 11) is 4.74. The second-order valence-electron chi connectivity index (χ2n) is 9.11. The number of likely N-dealkylation sites (N-methyl/N-ethyl adjacent to an activating group) is 1. The van der Waals surface area contributed by atoms with Gasteiger partial charge in [0.15, 0.2) is 0 Å². The highest BCUT2D eigenvalue weighted by Crippen LogP contribution is 2.27. The first-order chi connectivity index (χ1) is 17.2. The van der Waals surface area contributed by atoms with E-state index in [-0.39, 0.29) is 49.0 Å². The van der Waals surface area contributed by atoms with Gasteiger partial charge in [-0.1, -0.05) is 25.1 Å². The minimum Gasteiger partial charge on any atom is -0.491 e. The zero-order chi connectivity index (χ0) is 26.2. The van der Waals surface area contributed by atoms with Crippen LogP contribution in [0.3, 0.4) is 0 Å². The van der Waals surface area contributed by atoms with Gasteiger partial charge in [0.25, 0.3) is 11.8 Å². The van der Waals surface area contributed by atoms with Crippen LogP contribution in [0.25, 0.3) is 0 Å². The summed E-state index contributed by atoms with van der Waals surface area (Å²) < 4.78 is 16.7. The maximum Gasteiger partial charge on any atom is 0.257 e. The van der Waals surface area contributed by atoms with Crippen LogP contribution < -0.4 is 10.1 Å². The molecule has 0 unspecified atom stereocenters. The normalized spacial score (nSPS) is 21.0. The first-order valence-corrected chi connectivity index (χ1v) is 11.9. The quantitative estimate of drug-likeness (QED) is 0.682. The monoisotopic (exact) mass is 497 g/mol. The van der Waals surface area contributed by atoms with E-state index in [0.717, 1.165) is 0 Å². The van der Waals surface area contributed by atoms with Crippen molar-refractivity contribution in [3.05, 3.63) is 59.7 Å². The van der Waals surface area contributed by atoms with Crippen molar-refractivity contribution in [1.82, 2.24) is 9.80 Å². The zero-order valence-corrected chi connectivity index (χ0v) is 21.5. The van der Waals surface area contributed by atoms with Crippen molar-refractivity contribution in [3.8, 4) is 5.75 Å². The minimum atomic E-state index is -0.329. The van der Waals surface area contributed by atoms with Crippen LogP contribution in [0, 0.1) is 5.92 Å². The minimum absolute atomic E-state index is 0.0566. The Bertz CT molecular complexity index is 1060. The molecule has 2 aromatic rings. The van der Waals surface area contributed by atoms with Gasteiger partial charge in [0.1, 0.15) is 19.0 Å². The van der Waals surface area contributed by atoms with Crippen LogP contribution >= 0.6 is 0 Å². The number of fused-ring (bicyclic) bond motifs is 1. The van der Waals surface area contributed by atoms with Crippen molar-refractivity contribution in [2.45, 2.75) is 26.0 Å². The summed E-state index contributed by atoms with van der Waals surface area (Å²) in [5.41, 5.74) is 1.37. The number of nitrogens with zero attached hydrogens (tertiary/aromatic N) is 2. The van der Waals surface area contributed by atoms with Gasteiger partial charge in [-0.05, 0) is 37.3 Å². The third-order valence-corrected chi connectivity index (χ3v) is 6.29. The van der Waals surface area contributed by atoms with Crippen LogP contribution in [-0.2, 0) is 14.3 Å². The Balaban J connectivity index is 1.96. The Hall–Kier alpha value is -3.43. The van der Waals surface area contributed by atoms with Crippen molar-refractivity contribution < 1.29 is 28.6 Å². The Kier molecular flexibility index (Phi) is 9.44. The molecule has 36 heavy (non-hydrogen) atoms. The predicted octanol–water partition coefficient (Wildman–Crippen LogP) is 2.92. The van der Waals surface area contributed by atoms with E-state index in [1.54, 1.807) is 54.3 Å². The Labute approximate surface area is 212 Å². The number of anilines is 1. The van der Waals surface area contributed by atoms with Crippen LogP contribution in [0.4, 0.5) is 5.69 Å². The number of carbonyl (C=O) groups is 3. The van der Waals surface area contributed by atoms with E-state index in [0.29, 0.717) is 35.7 Å². The van der Waals surface area contributed by atoms with Gasteiger partial charge >= 0.3 is 0 Å². The summed E-state index contributed by atoms with van der Waals surface area (Å²) in [5.74, 6) is -0.361. The van der Waals surface area contributed by atoms with E-state index >= 15 is 0 Å². The van der Waals surface area contributed by atoms with Crippen molar-refractivity contribution in [3.63, 3.8) is 0 Å². The number of nitrogens with one attached hydrogen (secondary N) is 1. The number of amides is 3. The standard InChI is InChI=1S/C27H35N3O6/c1-18-14-30(26(32)20-9-7-6-8-10-20)19(2)16-36-23-12-11-21(28-25(31)17-34-4)13-22(23)27(33)29(3)15-24(18)35-5/h6-13,18-19,24H,14-17H2,1-5H3,(H,28,31)/t18-,19+,24-/m0/s1. The molecule has 3 rings (SSSR count). The number of benzene rings is 2. The van der Waals surface area contributed by atoms with Gasteiger partial charge in [-0.2, -0.15) is 0 Å². The van der Waals surface area contributed by atoms with E-state index in [1.165, 1.54) is 7.11 Å². The highest BCUT2D eigenvalue weighted by molar-refractivity contribution is 5.99. The summed E-state index contributed by atoms with van der Waals surface area (Å²) >= 11 is 0. The molecule has 1 aliphatic rings. The number of methoxy groups -OCH3 is 2. The first-order valence-electron chi connectivity index (χ1n) is 11.9. The molecule has 0 radical (unpaired) electrons. The average molecular weight is 498 g/mol. The molecule has 0 saturated heterocycles. The molecule has 1 N–H and O–H groups in total. The lowest BCUT2D eigenvalue weighted by Gasteiger charge is -2.36. The van der Waals surface area contributed by atoms with Crippen molar-refractivity contribution in [1.29, 1.82) is 0 Å². The molecule has 9 nitrogen and oxygen atoms in total. The van der Waals surface area contributed by atoms with Gasteiger partial charge in [-0.3, -0.25) is 14.4 Å². The molecule has 3 amide bonds. The lowest BCUT2D eigenvalue weighted by atomic mass is 10.0. The van der Waals surface area contributed by atoms with Gasteiger partial charge in [-0.15, -0.1) is 0 Å². The van der Waals surface area contributed by atoms with Crippen molar-refractivity contribution in [2.75, 3.05) is 52.9 Å². The predicted molar refractivity (Wildman–Crippen MR) is 136 cm³/mol. The Morgan fingerprint density at radius 2 is 1.81 bits per heavy atom. The average Bonchev–Trinajstić information content (AvgIpc) is 2.88. The first kappa shape index (κ1) is 27.2. The third kappa shape index (κ3) is 6.61. The highest BCUT2D eigenvalue weighted by atomic mass is 16.5. The van der Waals surface area contributed by atoms with Crippen LogP contribution in [0.1, 0.15) is 34.6 Å². The van der Waals surface area contributed by atoms with Crippen LogP contribution in [0.5, 0.6) is 5.75 Å². The van der Waals surface area contributed by atoms with Gasteiger partial charge in [0.2, 0.25) is 5.91 Å². The number of carbonyl (C=O) groups excluding carboxylic acids is 3. The topological polar surface area (TPSA) is 97.4 Å². The van der Waals surface area contributed by atoms with Crippen LogP contribution in [0.15, 0.2) is 48.5 Å². The molecule has 0 aromatic heterocycles. The lowest BCUT2D eigenvalue weighted by Crippen LogP contribution is -2.48. The molecular weight excluding hydrogens is 462 g/mol. The summed E-state index contributed by atoms with van der Waals surface area (Å²) in [6.07, 6.45) is -0.300. The molecule has 0 bridgehead atoms. The molecule has 1 heterocycles. The fourth-order valence-corrected chi connectivity index (χ4v) is 4.21. The highest BCUT2D eigenvalue weighted by Gasteiger charge is 2.30. The van der Waals surface area contributed by atoms with E-state index in [9.17, 15) is 14.4 Å². The maximum absolute atomic E-state index is 13.4. The molecule has 0 aliphatic carbocycles. The summed E-state index contributed by atoms with van der Waals surface area (Å²) in [6, 6.07) is 13.8. The summed E-state index contributed by atoms with van der Waals surface area (Å²) in [4.78, 5) is 42.2. The van der Waals surface area contributed by atoms with E-state index in [2.05, 4.69) is 5.32 Å². The SMILES string of the molecule is COCC(=O)Nc1ccc2c(c1)C(=O)N(C)C[C@H](OC)[C@@H](C)CN(C(=O)c1ccccc1)[C@H](C)CO2. The van der Waals surface area contributed by atoms with Crippen LogP contribution in [-0.4, -0.2) is 87.2 Å². The maximum atomic E-state index is 13.4. The Morgan fingerprint density at radius 3 is 2.47 bits per heavy atom. The number of hydrogen-bond acceptors (Lipinski definition) is 6. The van der Waals surface area contributed by atoms with E-state index < -0.39 is 0 Å². The fourth-order valence-electron chi connectivity index (χ4n) is 4.21. The second kappa shape index (κ2) is 12.5.